The summed E-state index contributed by atoms with van der Waals surface area (Å²) >= 11 is 6.07. The van der Waals surface area contributed by atoms with Gasteiger partial charge < -0.3 is 10.2 Å². The average Bonchev–Trinajstić information content (AvgIpc) is 2.47. The lowest BCUT2D eigenvalue weighted by molar-refractivity contribution is -0.119. The van der Waals surface area contributed by atoms with Crippen LogP contribution in [0.15, 0.2) is 24.3 Å². The van der Waals surface area contributed by atoms with Crippen LogP contribution in [0.4, 0.5) is 5.82 Å². The number of benzene rings is 1. The molecule has 106 valence electrons. The summed E-state index contributed by atoms with van der Waals surface area (Å²) in [6.45, 7) is 3.04. The van der Waals surface area contributed by atoms with Crippen LogP contribution in [0.3, 0.4) is 0 Å². The minimum Gasteiger partial charge on any atom is -0.358 e. The first-order valence-electron chi connectivity index (χ1n) is 6.53. The van der Waals surface area contributed by atoms with Crippen LogP contribution in [0.5, 0.6) is 0 Å². The molecular formula is C14H17ClN4O. The van der Waals surface area contributed by atoms with Gasteiger partial charge in [0, 0.05) is 24.4 Å². The second kappa shape index (κ2) is 6.52. The SMILES string of the molecule is CCCN(CC(=O)NC)c1nnc(Cl)c2ccccc12. The standard InChI is InChI=1S/C14H17ClN4O/c1-3-8-19(9-12(20)16-2)14-11-7-5-4-6-10(11)13(15)17-18-14/h4-7H,3,8-9H2,1-2H3,(H,16,20). The van der Waals surface area contributed by atoms with Gasteiger partial charge in [0.15, 0.2) is 11.0 Å². The number of nitrogens with one attached hydrogen (secondary N) is 1. The van der Waals surface area contributed by atoms with E-state index in [1.165, 1.54) is 0 Å². The van der Waals surface area contributed by atoms with Crippen LogP contribution in [0, 0.1) is 0 Å². The van der Waals surface area contributed by atoms with Gasteiger partial charge in [-0.25, -0.2) is 0 Å². The van der Waals surface area contributed by atoms with Gasteiger partial charge in [0.05, 0.1) is 6.54 Å². The summed E-state index contributed by atoms with van der Waals surface area (Å²) in [5.41, 5.74) is 0. The molecule has 1 heterocycles. The van der Waals surface area contributed by atoms with Crippen LogP contribution in [-0.2, 0) is 4.79 Å². The number of hydrogen-bond acceptors (Lipinski definition) is 4. The number of anilines is 1. The normalized spacial score (nSPS) is 10.6. The zero-order chi connectivity index (χ0) is 14.5. The molecule has 0 aliphatic carbocycles. The van der Waals surface area contributed by atoms with Crippen molar-refractivity contribution in [3.63, 3.8) is 0 Å². The summed E-state index contributed by atoms with van der Waals surface area (Å²) in [6.07, 6.45) is 0.912. The quantitative estimate of drug-likeness (QED) is 0.918. The Balaban J connectivity index is 2.47. The number of aromatic nitrogens is 2. The molecule has 2 aromatic rings. The van der Waals surface area contributed by atoms with Crippen molar-refractivity contribution in [2.45, 2.75) is 13.3 Å². The first kappa shape index (κ1) is 14.5. The topological polar surface area (TPSA) is 58.1 Å². The maximum Gasteiger partial charge on any atom is 0.239 e. The number of rotatable bonds is 5. The van der Waals surface area contributed by atoms with Crippen LogP contribution < -0.4 is 10.2 Å². The van der Waals surface area contributed by atoms with Crippen LogP contribution in [-0.4, -0.2) is 36.2 Å². The Morgan fingerprint density at radius 1 is 1.30 bits per heavy atom. The van der Waals surface area contributed by atoms with Crippen molar-refractivity contribution >= 4 is 34.1 Å². The van der Waals surface area contributed by atoms with E-state index < -0.39 is 0 Å². The summed E-state index contributed by atoms with van der Waals surface area (Å²) in [5, 5.41) is 12.9. The zero-order valence-corrected chi connectivity index (χ0v) is 12.3. The van der Waals surface area contributed by atoms with Gasteiger partial charge in [-0.15, -0.1) is 10.2 Å². The van der Waals surface area contributed by atoms with Crippen LogP contribution in [0.1, 0.15) is 13.3 Å². The van der Waals surface area contributed by atoms with Gasteiger partial charge in [-0.3, -0.25) is 4.79 Å². The molecule has 0 saturated carbocycles. The summed E-state index contributed by atoms with van der Waals surface area (Å²) in [7, 11) is 1.62. The maximum absolute atomic E-state index is 11.6. The molecule has 5 nitrogen and oxygen atoms in total. The number of carbonyl (C=O) groups excluding carboxylic acids is 1. The predicted molar refractivity (Wildman–Crippen MR) is 81.1 cm³/mol. The highest BCUT2D eigenvalue weighted by atomic mass is 35.5. The third-order valence-electron chi connectivity index (χ3n) is 3.03. The van der Waals surface area contributed by atoms with Gasteiger partial charge in [-0.2, -0.15) is 0 Å². The van der Waals surface area contributed by atoms with E-state index in [9.17, 15) is 4.79 Å². The minimum absolute atomic E-state index is 0.0562. The molecule has 1 amide bonds. The molecule has 2 rings (SSSR count). The third-order valence-corrected chi connectivity index (χ3v) is 3.31. The van der Waals surface area contributed by atoms with Crippen molar-refractivity contribution in [2.24, 2.45) is 0 Å². The molecule has 0 fully saturated rings. The monoisotopic (exact) mass is 292 g/mol. The summed E-state index contributed by atoms with van der Waals surface area (Å²) in [6, 6.07) is 7.67. The molecule has 6 heteroatoms. The lowest BCUT2D eigenvalue weighted by Crippen LogP contribution is -2.36. The number of halogens is 1. The van der Waals surface area contributed by atoms with Crippen molar-refractivity contribution < 1.29 is 4.79 Å². The number of fused-ring (bicyclic) bond motifs is 1. The second-order valence-corrected chi connectivity index (χ2v) is 4.81. The Labute approximate surface area is 122 Å². The smallest absolute Gasteiger partial charge is 0.239 e. The lowest BCUT2D eigenvalue weighted by atomic mass is 10.2. The van der Waals surface area contributed by atoms with Crippen molar-refractivity contribution in [1.29, 1.82) is 0 Å². The highest BCUT2D eigenvalue weighted by Crippen LogP contribution is 2.28. The van der Waals surface area contributed by atoms with Crippen molar-refractivity contribution in [2.75, 3.05) is 25.0 Å². The Bertz CT molecular complexity index is 617. The second-order valence-electron chi connectivity index (χ2n) is 4.45. The fourth-order valence-corrected chi connectivity index (χ4v) is 2.28. The highest BCUT2D eigenvalue weighted by molar-refractivity contribution is 6.34. The van der Waals surface area contributed by atoms with Crippen molar-refractivity contribution in [3.05, 3.63) is 29.4 Å². The molecule has 1 aromatic heterocycles. The molecule has 0 aliphatic rings. The summed E-state index contributed by atoms with van der Waals surface area (Å²) in [5.74, 6) is 0.634. The average molecular weight is 293 g/mol. The Morgan fingerprint density at radius 2 is 2.00 bits per heavy atom. The molecule has 20 heavy (non-hydrogen) atoms. The summed E-state index contributed by atoms with van der Waals surface area (Å²) in [4.78, 5) is 13.6. The Hall–Kier alpha value is -1.88. The molecule has 1 N–H and O–H groups in total. The molecule has 1 aromatic carbocycles. The van der Waals surface area contributed by atoms with Crippen LogP contribution in [0.25, 0.3) is 10.8 Å². The molecule has 0 bridgehead atoms. The van der Waals surface area contributed by atoms with Gasteiger partial charge >= 0.3 is 0 Å². The predicted octanol–water partition coefficient (Wildman–Crippen LogP) is 2.25. The van der Waals surface area contributed by atoms with Crippen LogP contribution in [0.2, 0.25) is 5.15 Å². The Kier molecular flexibility index (Phi) is 4.74. The molecular weight excluding hydrogens is 276 g/mol. The van der Waals surface area contributed by atoms with Gasteiger partial charge in [0.25, 0.3) is 0 Å². The van der Waals surface area contributed by atoms with Crippen molar-refractivity contribution in [3.8, 4) is 0 Å². The molecule has 0 saturated heterocycles. The minimum atomic E-state index is -0.0562. The van der Waals surface area contributed by atoms with E-state index in [0.717, 1.165) is 23.7 Å². The molecule has 0 atom stereocenters. The number of nitrogens with zero attached hydrogens (tertiary/aromatic N) is 3. The van der Waals surface area contributed by atoms with E-state index in [4.69, 9.17) is 11.6 Å². The maximum atomic E-state index is 11.6. The van der Waals surface area contributed by atoms with Crippen molar-refractivity contribution in [1.82, 2.24) is 15.5 Å². The molecule has 0 aliphatic heterocycles. The number of hydrogen-bond donors (Lipinski definition) is 1. The fraction of sp³-hybridized carbons (Fsp3) is 0.357. The highest BCUT2D eigenvalue weighted by Gasteiger charge is 2.16. The largest absolute Gasteiger partial charge is 0.358 e. The van der Waals surface area contributed by atoms with E-state index in [1.807, 2.05) is 29.2 Å². The van der Waals surface area contributed by atoms with E-state index >= 15 is 0 Å². The van der Waals surface area contributed by atoms with Gasteiger partial charge in [-0.1, -0.05) is 42.8 Å². The number of likely N-dealkylation sites (N-methyl/N-ethyl adjacent to an activating group) is 1. The number of amides is 1. The molecule has 0 unspecified atom stereocenters. The zero-order valence-electron chi connectivity index (χ0n) is 11.6. The first-order chi connectivity index (χ1) is 9.67. The number of carbonyl (C=O) groups is 1. The fourth-order valence-electron chi connectivity index (χ4n) is 2.07. The Morgan fingerprint density at radius 3 is 2.65 bits per heavy atom. The van der Waals surface area contributed by atoms with Gasteiger partial charge in [0.2, 0.25) is 5.91 Å². The first-order valence-corrected chi connectivity index (χ1v) is 6.91. The van der Waals surface area contributed by atoms with Gasteiger partial charge in [0.1, 0.15) is 0 Å². The molecule has 0 radical (unpaired) electrons. The molecule has 0 spiro atoms. The van der Waals surface area contributed by atoms with E-state index in [2.05, 4.69) is 22.4 Å². The third kappa shape index (κ3) is 2.99. The van der Waals surface area contributed by atoms with E-state index in [0.29, 0.717) is 11.0 Å². The van der Waals surface area contributed by atoms with E-state index in [-0.39, 0.29) is 12.5 Å². The lowest BCUT2D eigenvalue weighted by Gasteiger charge is -2.23. The van der Waals surface area contributed by atoms with Crippen LogP contribution >= 0.6 is 11.6 Å². The van der Waals surface area contributed by atoms with Gasteiger partial charge in [-0.05, 0) is 6.42 Å². The van der Waals surface area contributed by atoms with E-state index in [1.54, 1.807) is 7.05 Å². The summed E-state index contributed by atoms with van der Waals surface area (Å²) < 4.78 is 0.